The molecule has 1 fully saturated rings. The molecule has 0 saturated carbocycles. The van der Waals surface area contributed by atoms with E-state index >= 15 is 0 Å². The van der Waals surface area contributed by atoms with E-state index in [4.69, 9.17) is 5.11 Å². The molecule has 2 rings (SSSR count). The van der Waals surface area contributed by atoms with Crippen LogP contribution in [0.4, 0.5) is 4.39 Å². The Labute approximate surface area is 119 Å². The molecule has 1 heterocycles. The van der Waals surface area contributed by atoms with Gasteiger partial charge in [-0.3, -0.25) is 4.90 Å². The molecule has 1 unspecified atom stereocenters. The highest BCUT2D eigenvalue weighted by atomic mass is 19.1. The van der Waals surface area contributed by atoms with Crippen molar-refractivity contribution in [3.63, 3.8) is 0 Å². The number of likely N-dealkylation sites (tertiary alicyclic amines) is 1. The number of rotatable bonds is 3. The summed E-state index contributed by atoms with van der Waals surface area (Å²) < 4.78 is 13.4. The zero-order valence-corrected chi connectivity index (χ0v) is 12.3. The highest BCUT2D eigenvalue weighted by Crippen LogP contribution is 2.34. The zero-order chi connectivity index (χ0) is 14.9. The molecule has 1 aliphatic rings. The van der Waals surface area contributed by atoms with Crippen LogP contribution in [-0.2, 0) is 6.54 Å². The lowest BCUT2D eigenvalue weighted by atomic mass is 9.80. The van der Waals surface area contributed by atoms with Crippen molar-refractivity contribution in [2.24, 2.45) is 11.3 Å². The van der Waals surface area contributed by atoms with Gasteiger partial charge < -0.3 is 5.11 Å². The highest BCUT2D eigenvalue weighted by molar-refractivity contribution is 5.88. The van der Waals surface area contributed by atoms with Gasteiger partial charge in [-0.25, -0.2) is 9.18 Å². The van der Waals surface area contributed by atoms with Crippen molar-refractivity contribution in [3.05, 3.63) is 35.1 Å². The van der Waals surface area contributed by atoms with Crippen molar-refractivity contribution in [2.45, 2.75) is 33.7 Å². The molecule has 0 spiro atoms. The monoisotopic (exact) mass is 279 g/mol. The van der Waals surface area contributed by atoms with Crippen molar-refractivity contribution in [1.82, 2.24) is 4.90 Å². The molecule has 0 radical (unpaired) electrons. The third-order valence-electron chi connectivity index (χ3n) is 4.16. The van der Waals surface area contributed by atoms with Gasteiger partial charge >= 0.3 is 5.97 Å². The van der Waals surface area contributed by atoms with E-state index in [1.165, 1.54) is 12.1 Å². The molecule has 0 aliphatic carbocycles. The number of carbonyl (C=O) groups is 1. The maximum atomic E-state index is 13.4. The lowest BCUT2D eigenvalue weighted by Gasteiger charge is -2.27. The van der Waals surface area contributed by atoms with Crippen molar-refractivity contribution >= 4 is 5.97 Å². The maximum Gasteiger partial charge on any atom is 0.338 e. The third-order valence-corrected chi connectivity index (χ3v) is 4.16. The summed E-state index contributed by atoms with van der Waals surface area (Å²) in [5.74, 6) is -1.23. The summed E-state index contributed by atoms with van der Waals surface area (Å²) in [6.45, 7) is 9.48. The molecule has 1 saturated heterocycles. The lowest BCUT2D eigenvalue weighted by Crippen LogP contribution is -2.25. The van der Waals surface area contributed by atoms with Gasteiger partial charge in [0, 0.05) is 13.1 Å². The molecule has 4 heteroatoms. The van der Waals surface area contributed by atoms with E-state index in [0.29, 0.717) is 17.9 Å². The van der Waals surface area contributed by atoms with Gasteiger partial charge in [0.25, 0.3) is 0 Å². The summed E-state index contributed by atoms with van der Waals surface area (Å²) in [6.07, 6.45) is 1.16. The molecule has 1 atom stereocenters. The van der Waals surface area contributed by atoms with Crippen molar-refractivity contribution in [2.75, 3.05) is 13.1 Å². The minimum atomic E-state index is -1.21. The molecule has 0 amide bonds. The lowest BCUT2D eigenvalue weighted by molar-refractivity contribution is 0.0691. The second-order valence-corrected chi connectivity index (χ2v) is 6.71. The van der Waals surface area contributed by atoms with Gasteiger partial charge in [-0.05, 0) is 42.0 Å². The minimum Gasteiger partial charge on any atom is -0.478 e. The van der Waals surface area contributed by atoms with Crippen LogP contribution in [0.3, 0.4) is 0 Å². The normalized spacial score (nSPS) is 20.3. The van der Waals surface area contributed by atoms with Crippen LogP contribution in [-0.4, -0.2) is 29.1 Å². The van der Waals surface area contributed by atoms with Crippen LogP contribution >= 0.6 is 0 Å². The Morgan fingerprint density at radius 3 is 2.70 bits per heavy atom. The standard InChI is InChI=1S/C16H22FNO2/c1-16(2,3)12-6-7-18(10-12)9-11-4-5-14(17)13(8-11)15(19)20/h4-5,8,12H,6-7,9-10H2,1-3H3,(H,19,20). The molecule has 20 heavy (non-hydrogen) atoms. The number of halogens is 1. The number of carboxylic acids is 1. The molecular weight excluding hydrogens is 257 g/mol. The van der Waals surface area contributed by atoms with E-state index in [-0.39, 0.29) is 5.56 Å². The Morgan fingerprint density at radius 1 is 1.45 bits per heavy atom. The fourth-order valence-corrected chi connectivity index (χ4v) is 2.78. The van der Waals surface area contributed by atoms with Crippen LogP contribution in [0.5, 0.6) is 0 Å². The third kappa shape index (κ3) is 3.37. The number of nitrogens with zero attached hydrogens (tertiary/aromatic N) is 1. The second-order valence-electron chi connectivity index (χ2n) is 6.71. The Hall–Kier alpha value is -1.42. The van der Waals surface area contributed by atoms with E-state index in [1.807, 2.05) is 0 Å². The fraction of sp³-hybridized carbons (Fsp3) is 0.562. The van der Waals surface area contributed by atoms with Crippen LogP contribution in [0.15, 0.2) is 18.2 Å². The number of carboxylic acid groups (broad SMARTS) is 1. The van der Waals surface area contributed by atoms with Crippen LogP contribution in [0.2, 0.25) is 0 Å². The van der Waals surface area contributed by atoms with Crippen LogP contribution in [0.1, 0.15) is 43.1 Å². The maximum absolute atomic E-state index is 13.4. The van der Waals surface area contributed by atoms with Gasteiger partial charge in [0.15, 0.2) is 0 Å². The second kappa shape index (κ2) is 5.52. The summed E-state index contributed by atoms with van der Waals surface area (Å²) in [6, 6.07) is 4.37. The summed E-state index contributed by atoms with van der Waals surface area (Å²) in [5.41, 5.74) is 0.913. The Bertz CT molecular complexity index is 508. The Balaban J connectivity index is 2.05. The quantitative estimate of drug-likeness (QED) is 0.922. The van der Waals surface area contributed by atoms with Crippen molar-refractivity contribution in [1.29, 1.82) is 0 Å². The van der Waals surface area contributed by atoms with Crippen molar-refractivity contribution < 1.29 is 14.3 Å². The molecule has 0 bridgehead atoms. The SMILES string of the molecule is CC(C)(C)C1CCN(Cc2ccc(F)c(C(=O)O)c2)C1. The van der Waals surface area contributed by atoms with E-state index < -0.39 is 11.8 Å². The molecule has 1 N–H and O–H groups in total. The minimum absolute atomic E-state index is 0.242. The molecule has 1 aromatic rings. The first-order chi connectivity index (χ1) is 9.27. The summed E-state index contributed by atoms with van der Waals surface area (Å²) >= 11 is 0. The first-order valence-electron chi connectivity index (χ1n) is 7.01. The number of aromatic carboxylic acids is 1. The van der Waals surface area contributed by atoms with Gasteiger partial charge in [-0.1, -0.05) is 26.8 Å². The van der Waals surface area contributed by atoms with Crippen molar-refractivity contribution in [3.8, 4) is 0 Å². The predicted octanol–water partition coefficient (Wildman–Crippen LogP) is 3.39. The van der Waals surface area contributed by atoms with Gasteiger partial charge in [-0.15, -0.1) is 0 Å². The first kappa shape index (κ1) is 15.0. The Kier molecular flexibility index (Phi) is 4.14. The molecular formula is C16H22FNO2. The predicted molar refractivity (Wildman–Crippen MR) is 76.2 cm³/mol. The zero-order valence-electron chi connectivity index (χ0n) is 12.3. The first-order valence-corrected chi connectivity index (χ1v) is 7.01. The van der Waals surface area contributed by atoms with Crippen LogP contribution in [0.25, 0.3) is 0 Å². The largest absolute Gasteiger partial charge is 0.478 e. The fourth-order valence-electron chi connectivity index (χ4n) is 2.78. The van der Waals surface area contributed by atoms with E-state index in [2.05, 4.69) is 25.7 Å². The number of benzene rings is 1. The summed E-state index contributed by atoms with van der Waals surface area (Å²) in [5, 5.41) is 8.95. The topological polar surface area (TPSA) is 40.5 Å². The number of hydrogen-bond donors (Lipinski definition) is 1. The summed E-state index contributed by atoms with van der Waals surface area (Å²) in [4.78, 5) is 13.3. The molecule has 110 valence electrons. The van der Waals surface area contributed by atoms with Gasteiger partial charge in [-0.2, -0.15) is 0 Å². The highest BCUT2D eigenvalue weighted by Gasteiger charge is 2.31. The molecule has 3 nitrogen and oxygen atoms in total. The van der Waals surface area contributed by atoms with E-state index in [1.54, 1.807) is 6.07 Å². The Morgan fingerprint density at radius 2 is 2.15 bits per heavy atom. The van der Waals surface area contributed by atoms with Gasteiger partial charge in [0.1, 0.15) is 5.82 Å². The van der Waals surface area contributed by atoms with Crippen LogP contribution in [0, 0.1) is 17.2 Å². The summed E-state index contributed by atoms with van der Waals surface area (Å²) in [7, 11) is 0. The molecule has 1 aliphatic heterocycles. The molecule has 1 aromatic carbocycles. The van der Waals surface area contributed by atoms with Crippen LogP contribution < -0.4 is 0 Å². The average molecular weight is 279 g/mol. The van der Waals surface area contributed by atoms with E-state index in [9.17, 15) is 9.18 Å². The molecule has 0 aromatic heterocycles. The van der Waals surface area contributed by atoms with Gasteiger partial charge in [0.2, 0.25) is 0 Å². The van der Waals surface area contributed by atoms with E-state index in [0.717, 1.165) is 25.1 Å². The average Bonchev–Trinajstić information content (AvgIpc) is 2.79. The smallest absolute Gasteiger partial charge is 0.338 e. The van der Waals surface area contributed by atoms with Gasteiger partial charge in [0.05, 0.1) is 5.56 Å². The number of hydrogen-bond acceptors (Lipinski definition) is 2.